The molecule has 1 N–H and O–H groups in total. The Morgan fingerprint density at radius 1 is 0.968 bits per heavy atom. The maximum Gasteiger partial charge on any atom is 0.266 e. The van der Waals surface area contributed by atoms with Gasteiger partial charge in [-0.1, -0.05) is 48.2 Å². The van der Waals surface area contributed by atoms with Gasteiger partial charge in [-0.3, -0.25) is 14.2 Å². The molecule has 0 aliphatic heterocycles. The van der Waals surface area contributed by atoms with E-state index >= 15 is 0 Å². The Bertz CT molecular complexity index is 1320. The lowest BCUT2D eigenvalue weighted by Gasteiger charge is -2.17. The first-order valence-corrected chi connectivity index (χ1v) is 10.9. The topological polar surface area (TPSA) is 64.0 Å². The van der Waals surface area contributed by atoms with Crippen LogP contribution in [0.3, 0.4) is 0 Å². The Balaban J connectivity index is 1.76. The van der Waals surface area contributed by atoms with Crippen LogP contribution in [0.4, 0.5) is 5.69 Å². The summed E-state index contributed by atoms with van der Waals surface area (Å²) in [6.45, 7) is 5.86. The van der Waals surface area contributed by atoms with Crippen LogP contribution in [0.5, 0.6) is 0 Å². The van der Waals surface area contributed by atoms with Crippen LogP contribution in [0, 0.1) is 13.8 Å². The highest BCUT2D eigenvalue weighted by molar-refractivity contribution is 8.00. The largest absolute Gasteiger partial charge is 0.325 e. The van der Waals surface area contributed by atoms with Crippen molar-refractivity contribution in [2.24, 2.45) is 0 Å². The molecule has 0 unspecified atom stereocenters. The van der Waals surface area contributed by atoms with E-state index in [-0.39, 0.29) is 11.5 Å². The Morgan fingerprint density at radius 2 is 1.68 bits per heavy atom. The zero-order valence-corrected chi connectivity index (χ0v) is 18.4. The molecule has 1 atom stereocenters. The second-order valence-corrected chi connectivity index (χ2v) is 8.74. The molecule has 0 radical (unpaired) electrons. The molecule has 31 heavy (non-hydrogen) atoms. The number of para-hydroxylation sites is 2. The highest BCUT2D eigenvalue weighted by atomic mass is 32.2. The number of fused-ring (bicyclic) bond motifs is 1. The molecule has 1 amide bonds. The first-order valence-electron chi connectivity index (χ1n) is 10.1. The molecule has 0 spiro atoms. The maximum absolute atomic E-state index is 13.4. The summed E-state index contributed by atoms with van der Waals surface area (Å²) in [4.78, 5) is 30.9. The average Bonchev–Trinajstić information content (AvgIpc) is 2.77. The van der Waals surface area contributed by atoms with Crippen LogP contribution >= 0.6 is 11.8 Å². The van der Waals surface area contributed by atoms with E-state index in [1.165, 1.54) is 11.8 Å². The fourth-order valence-electron chi connectivity index (χ4n) is 3.26. The number of benzene rings is 3. The summed E-state index contributed by atoms with van der Waals surface area (Å²) in [5.74, 6) is -0.148. The quantitative estimate of drug-likeness (QED) is 0.353. The van der Waals surface area contributed by atoms with Crippen LogP contribution in [-0.4, -0.2) is 20.7 Å². The molecule has 4 aromatic rings. The molecule has 4 rings (SSSR count). The first kappa shape index (κ1) is 20.9. The second-order valence-electron chi connectivity index (χ2n) is 7.44. The van der Waals surface area contributed by atoms with Gasteiger partial charge in [-0.2, -0.15) is 0 Å². The normalized spacial score (nSPS) is 12.0. The minimum atomic E-state index is -0.453. The zero-order valence-electron chi connectivity index (χ0n) is 17.6. The minimum absolute atomic E-state index is 0.146. The van der Waals surface area contributed by atoms with Gasteiger partial charge in [0.15, 0.2) is 5.16 Å². The number of rotatable bonds is 5. The average molecular weight is 430 g/mol. The predicted molar refractivity (Wildman–Crippen MR) is 127 cm³/mol. The molecule has 0 saturated carbocycles. The van der Waals surface area contributed by atoms with Gasteiger partial charge < -0.3 is 5.32 Å². The summed E-state index contributed by atoms with van der Waals surface area (Å²) in [6, 6.07) is 22.5. The molecule has 1 aromatic heterocycles. The van der Waals surface area contributed by atoms with Gasteiger partial charge in [-0.15, -0.1) is 0 Å². The van der Waals surface area contributed by atoms with Crippen LogP contribution in [0.15, 0.2) is 82.7 Å². The molecule has 0 aliphatic carbocycles. The van der Waals surface area contributed by atoms with Crippen LogP contribution in [0.25, 0.3) is 16.6 Å². The molecule has 5 nitrogen and oxygen atoms in total. The van der Waals surface area contributed by atoms with Crippen molar-refractivity contribution in [3.63, 3.8) is 0 Å². The van der Waals surface area contributed by atoms with Gasteiger partial charge in [0.25, 0.3) is 5.56 Å². The fraction of sp³-hybridized carbons (Fsp3) is 0.160. The predicted octanol–water partition coefficient (Wildman–Crippen LogP) is 5.12. The number of nitrogens with one attached hydrogen (secondary N) is 1. The van der Waals surface area contributed by atoms with E-state index in [1.807, 2.05) is 87.5 Å². The van der Waals surface area contributed by atoms with Gasteiger partial charge in [-0.05, 0) is 68.3 Å². The summed E-state index contributed by atoms with van der Waals surface area (Å²) in [5, 5.41) is 3.50. The summed E-state index contributed by atoms with van der Waals surface area (Å²) in [7, 11) is 0. The van der Waals surface area contributed by atoms with E-state index in [9.17, 15) is 9.59 Å². The van der Waals surface area contributed by atoms with Crippen LogP contribution in [-0.2, 0) is 4.79 Å². The first-order chi connectivity index (χ1) is 14.9. The van der Waals surface area contributed by atoms with Gasteiger partial charge in [-0.25, -0.2) is 4.98 Å². The van der Waals surface area contributed by atoms with Crippen LogP contribution in [0.1, 0.15) is 18.1 Å². The lowest BCUT2D eigenvalue weighted by molar-refractivity contribution is -0.115. The standard InChI is InChI=1S/C25H23N3O2S/c1-16-13-14-20(15-17(16)2)28-24(30)21-11-7-8-12-22(21)27-25(28)31-18(3)23(29)26-19-9-5-4-6-10-19/h4-15,18H,1-3H3,(H,26,29)/t18-/m1/s1. The maximum atomic E-state index is 13.4. The molecular formula is C25H23N3O2S. The van der Waals surface area contributed by atoms with Gasteiger partial charge >= 0.3 is 0 Å². The van der Waals surface area contributed by atoms with Gasteiger partial charge in [0.1, 0.15) is 0 Å². The van der Waals surface area contributed by atoms with E-state index in [0.717, 1.165) is 22.5 Å². The molecular weight excluding hydrogens is 406 g/mol. The number of hydrogen-bond acceptors (Lipinski definition) is 4. The number of aryl methyl sites for hydroxylation is 2. The fourth-order valence-corrected chi connectivity index (χ4v) is 4.19. The van der Waals surface area contributed by atoms with Crippen molar-refractivity contribution in [3.8, 4) is 5.69 Å². The van der Waals surface area contributed by atoms with Crippen molar-refractivity contribution in [1.82, 2.24) is 9.55 Å². The molecule has 0 fully saturated rings. The third kappa shape index (κ3) is 4.39. The zero-order chi connectivity index (χ0) is 22.0. The monoisotopic (exact) mass is 429 g/mol. The number of carbonyl (C=O) groups is 1. The summed E-state index contributed by atoms with van der Waals surface area (Å²) in [5.41, 5.74) is 4.18. The lowest BCUT2D eigenvalue weighted by Crippen LogP contribution is -2.26. The van der Waals surface area contributed by atoms with Gasteiger partial charge in [0.2, 0.25) is 5.91 Å². The van der Waals surface area contributed by atoms with E-state index in [1.54, 1.807) is 10.6 Å². The van der Waals surface area contributed by atoms with E-state index < -0.39 is 5.25 Å². The van der Waals surface area contributed by atoms with Crippen LogP contribution in [0.2, 0.25) is 0 Å². The van der Waals surface area contributed by atoms with E-state index in [0.29, 0.717) is 16.1 Å². The van der Waals surface area contributed by atoms with Crippen molar-refractivity contribution in [3.05, 3.63) is 94.3 Å². The minimum Gasteiger partial charge on any atom is -0.325 e. The molecule has 156 valence electrons. The van der Waals surface area contributed by atoms with Crippen LogP contribution < -0.4 is 10.9 Å². The third-order valence-electron chi connectivity index (χ3n) is 5.19. The summed E-state index contributed by atoms with van der Waals surface area (Å²) in [6.07, 6.45) is 0. The summed E-state index contributed by atoms with van der Waals surface area (Å²) >= 11 is 1.27. The SMILES string of the molecule is Cc1ccc(-n2c(S[C@H](C)C(=O)Nc3ccccc3)nc3ccccc3c2=O)cc1C. The Kier molecular flexibility index (Phi) is 5.91. The number of carbonyl (C=O) groups excluding carboxylic acids is 1. The number of hydrogen-bond donors (Lipinski definition) is 1. The number of thioether (sulfide) groups is 1. The highest BCUT2D eigenvalue weighted by Gasteiger charge is 2.20. The number of nitrogens with zero attached hydrogens (tertiary/aromatic N) is 2. The molecule has 0 bridgehead atoms. The lowest BCUT2D eigenvalue weighted by atomic mass is 10.1. The smallest absolute Gasteiger partial charge is 0.266 e. The Hall–Kier alpha value is -3.38. The Morgan fingerprint density at radius 3 is 2.42 bits per heavy atom. The molecule has 0 aliphatic rings. The van der Waals surface area contributed by atoms with Crippen molar-refractivity contribution in [1.29, 1.82) is 0 Å². The van der Waals surface area contributed by atoms with Gasteiger partial charge in [0, 0.05) is 5.69 Å². The molecule has 0 saturated heterocycles. The van der Waals surface area contributed by atoms with Crippen molar-refractivity contribution < 1.29 is 4.79 Å². The van der Waals surface area contributed by atoms with Gasteiger partial charge in [0.05, 0.1) is 21.8 Å². The Labute approximate surface area is 185 Å². The van der Waals surface area contributed by atoms with E-state index in [2.05, 4.69) is 5.32 Å². The van der Waals surface area contributed by atoms with Crippen molar-refractivity contribution in [2.75, 3.05) is 5.32 Å². The summed E-state index contributed by atoms with van der Waals surface area (Å²) < 4.78 is 1.60. The third-order valence-corrected chi connectivity index (χ3v) is 6.24. The van der Waals surface area contributed by atoms with Crippen molar-refractivity contribution >= 4 is 34.3 Å². The number of amides is 1. The number of anilines is 1. The van der Waals surface area contributed by atoms with Crippen molar-refractivity contribution in [2.45, 2.75) is 31.2 Å². The number of aromatic nitrogens is 2. The highest BCUT2D eigenvalue weighted by Crippen LogP contribution is 2.26. The molecule has 1 heterocycles. The molecule has 6 heteroatoms. The second kappa shape index (κ2) is 8.78. The molecule has 3 aromatic carbocycles. The van der Waals surface area contributed by atoms with E-state index in [4.69, 9.17) is 4.98 Å².